The highest BCUT2D eigenvalue weighted by Crippen LogP contribution is 2.49. The van der Waals surface area contributed by atoms with Gasteiger partial charge in [-0.2, -0.15) is 0 Å². The summed E-state index contributed by atoms with van der Waals surface area (Å²) in [5.41, 5.74) is 3.73. The van der Waals surface area contributed by atoms with Crippen LogP contribution in [0, 0.1) is 25.7 Å². The van der Waals surface area contributed by atoms with Crippen LogP contribution in [0.15, 0.2) is 36.7 Å². The molecule has 1 aliphatic carbocycles. The number of carbonyl (C=O) groups excluding carboxylic acids is 1. The average molecular weight is 364 g/mol. The topological polar surface area (TPSA) is 58.1 Å². The third-order valence-electron chi connectivity index (χ3n) is 5.95. The number of amides is 1. The maximum Gasteiger partial charge on any atom is 0.226 e. The molecule has 0 radical (unpaired) electrons. The first-order valence-electron chi connectivity index (χ1n) is 9.98. The Hall–Kier alpha value is -2.43. The third kappa shape index (κ3) is 4.12. The van der Waals surface area contributed by atoms with Crippen LogP contribution in [0.1, 0.15) is 41.9 Å². The molecular weight excluding hydrogens is 336 g/mol. The Balaban J connectivity index is 1.24. The molecular formula is C22H28N4O. The van der Waals surface area contributed by atoms with Crippen LogP contribution in [-0.4, -0.2) is 40.4 Å². The van der Waals surface area contributed by atoms with Crippen molar-refractivity contribution in [3.05, 3.63) is 53.3 Å². The maximum absolute atomic E-state index is 12.9. The van der Waals surface area contributed by atoms with Gasteiger partial charge in [-0.15, -0.1) is 0 Å². The molecule has 1 aromatic heterocycles. The van der Waals surface area contributed by atoms with Crippen molar-refractivity contribution in [2.45, 2.75) is 39.0 Å². The number of carbonyl (C=O) groups is 1. The summed E-state index contributed by atoms with van der Waals surface area (Å²) in [6, 6.07) is 8.47. The van der Waals surface area contributed by atoms with Gasteiger partial charge in [0, 0.05) is 37.9 Å². The number of nitrogens with one attached hydrogen (secondary N) is 1. The van der Waals surface area contributed by atoms with Gasteiger partial charge in [0.15, 0.2) is 0 Å². The van der Waals surface area contributed by atoms with Gasteiger partial charge in [0.25, 0.3) is 0 Å². The standard InChI is InChI=1S/C22H28N4O/c1-15-12-23-22(24-13-15)25-14-17-7-9-26(10-8-17)21(27)20-11-19(20)18-6-4-3-5-16(18)2/h3-6,12-13,17,19-20H,7-11,14H2,1-2H3,(H,23,24,25). The normalized spacial score (nSPS) is 22.5. The Bertz CT molecular complexity index is 796. The second-order valence-corrected chi connectivity index (χ2v) is 8.04. The molecule has 1 aliphatic heterocycles. The fraction of sp³-hybridized carbons (Fsp3) is 0.500. The van der Waals surface area contributed by atoms with Gasteiger partial charge in [0.1, 0.15) is 0 Å². The minimum absolute atomic E-state index is 0.196. The van der Waals surface area contributed by atoms with Crippen molar-refractivity contribution < 1.29 is 4.79 Å². The van der Waals surface area contributed by atoms with E-state index in [9.17, 15) is 4.79 Å². The van der Waals surface area contributed by atoms with Crippen LogP contribution in [0.5, 0.6) is 0 Å². The highest BCUT2D eigenvalue weighted by atomic mass is 16.2. The molecule has 2 atom stereocenters. The fourth-order valence-electron chi connectivity index (χ4n) is 4.13. The first-order valence-corrected chi connectivity index (χ1v) is 9.98. The number of hydrogen-bond donors (Lipinski definition) is 1. The van der Waals surface area contributed by atoms with Crippen molar-refractivity contribution in [3.63, 3.8) is 0 Å². The van der Waals surface area contributed by atoms with Crippen LogP contribution >= 0.6 is 0 Å². The van der Waals surface area contributed by atoms with Gasteiger partial charge < -0.3 is 10.2 Å². The Kier molecular flexibility index (Phi) is 5.10. The lowest BCUT2D eigenvalue weighted by Crippen LogP contribution is -2.40. The van der Waals surface area contributed by atoms with Crippen molar-refractivity contribution in [2.24, 2.45) is 11.8 Å². The largest absolute Gasteiger partial charge is 0.354 e. The van der Waals surface area contributed by atoms with Gasteiger partial charge in [0.05, 0.1) is 0 Å². The minimum atomic E-state index is 0.196. The zero-order chi connectivity index (χ0) is 18.8. The number of rotatable bonds is 5. The summed E-state index contributed by atoms with van der Waals surface area (Å²) in [7, 11) is 0. The van der Waals surface area contributed by atoms with Crippen molar-refractivity contribution in [1.29, 1.82) is 0 Å². The van der Waals surface area contributed by atoms with E-state index in [0.29, 0.717) is 23.7 Å². The molecule has 1 N–H and O–H groups in total. The highest BCUT2D eigenvalue weighted by molar-refractivity contribution is 5.83. The lowest BCUT2D eigenvalue weighted by molar-refractivity contribution is -0.134. The van der Waals surface area contributed by atoms with Crippen molar-refractivity contribution in [3.8, 4) is 0 Å². The van der Waals surface area contributed by atoms with Crippen LogP contribution in [0.4, 0.5) is 5.95 Å². The minimum Gasteiger partial charge on any atom is -0.354 e. The van der Waals surface area contributed by atoms with Crippen molar-refractivity contribution in [1.82, 2.24) is 14.9 Å². The number of anilines is 1. The second-order valence-electron chi connectivity index (χ2n) is 8.04. The summed E-state index contributed by atoms with van der Waals surface area (Å²) in [5, 5.41) is 3.33. The van der Waals surface area contributed by atoms with Crippen molar-refractivity contribution >= 4 is 11.9 Å². The monoisotopic (exact) mass is 364 g/mol. The SMILES string of the molecule is Cc1cnc(NCC2CCN(C(=O)C3CC3c3ccccc3C)CC2)nc1. The molecule has 1 saturated carbocycles. The Morgan fingerprint density at radius 1 is 1.15 bits per heavy atom. The van der Waals surface area contributed by atoms with E-state index in [1.165, 1.54) is 11.1 Å². The zero-order valence-electron chi connectivity index (χ0n) is 16.2. The first kappa shape index (κ1) is 18.0. The smallest absolute Gasteiger partial charge is 0.226 e. The van der Waals surface area contributed by atoms with Crippen molar-refractivity contribution in [2.75, 3.05) is 25.0 Å². The van der Waals surface area contributed by atoms with Gasteiger partial charge in [-0.1, -0.05) is 24.3 Å². The summed E-state index contributed by atoms with van der Waals surface area (Å²) < 4.78 is 0. The van der Waals surface area contributed by atoms with E-state index in [1.807, 2.05) is 19.3 Å². The lowest BCUT2D eigenvalue weighted by Gasteiger charge is -2.32. The Labute approximate surface area is 161 Å². The van der Waals surface area contributed by atoms with E-state index in [1.54, 1.807) is 0 Å². The van der Waals surface area contributed by atoms with E-state index in [0.717, 1.165) is 44.5 Å². The molecule has 0 spiro atoms. The molecule has 2 unspecified atom stereocenters. The van der Waals surface area contributed by atoms with Crippen LogP contribution < -0.4 is 5.32 Å². The predicted molar refractivity (Wildman–Crippen MR) is 107 cm³/mol. The molecule has 2 fully saturated rings. The first-order chi connectivity index (χ1) is 13.1. The fourth-order valence-corrected chi connectivity index (χ4v) is 4.13. The van der Waals surface area contributed by atoms with Gasteiger partial charge in [-0.3, -0.25) is 4.79 Å². The van der Waals surface area contributed by atoms with E-state index in [4.69, 9.17) is 0 Å². The number of aryl methyl sites for hydroxylation is 2. The molecule has 2 aliphatic rings. The molecule has 2 aromatic rings. The molecule has 2 heterocycles. The number of likely N-dealkylation sites (tertiary alicyclic amines) is 1. The van der Waals surface area contributed by atoms with E-state index >= 15 is 0 Å². The Morgan fingerprint density at radius 3 is 2.56 bits per heavy atom. The molecule has 5 nitrogen and oxygen atoms in total. The summed E-state index contributed by atoms with van der Waals surface area (Å²) in [6.45, 7) is 6.75. The lowest BCUT2D eigenvalue weighted by atomic mass is 9.96. The van der Waals surface area contributed by atoms with Gasteiger partial charge in [0.2, 0.25) is 11.9 Å². The number of benzene rings is 1. The van der Waals surface area contributed by atoms with Crippen LogP contribution in [0.3, 0.4) is 0 Å². The third-order valence-corrected chi connectivity index (χ3v) is 5.95. The molecule has 1 saturated heterocycles. The average Bonchev–Trinajstić information content (AvgIpc) is 3.48. The predicted octanol–water partition coefficient (Wildman–Crippen LogP) is 3.55. The highest BCUT2D eigenvalue weighted by Gasteiger charge is 2.46. The quantitative estimate of drug-likeness (QED) is 0.881. The molecule has 1 aromatic carbocycles. The van der Waals surface area contributed by atoms with E-state index < -0.39 is 0 Å². The number of aromatic nitrogens is 2. The molecule has 5 heteroatoms. The molecule has 4 rings (SSSR count). The second kappa shape index (κ2) is 7.67. The summed E-state index contributed by atoms with van der Waals surface area (Å²) in [5.74, 6) is 2.25. The number of hydrogen-bond acceptors (Lipinski definition) is 4. The Morgan fingerprint density at radius 2 is 1.85 bits per heavy atom. The molecule has 0 bridgehead atoms. The van der Waals surface area contributed by atoms with E-state index in [-0.39, 0.29) is 5.92 Å². The zero-order valence-corrected chi connectivity index (χ0v) is 16.2. The maximum atomic E-state index is 12.9. The number of piperidine rings is 1. The summed E-state index contributed by atoms with van der Waals surface area (Å²) in [6.07, 6.45) is 6.77. The van der Waals surface area contributed by atoms with Crippen LogP contribution in [-0.2, 0) is 4.79 Å². The van der Waals surface area contributed by atoms with E-state index in [2.05, 4.69) is 51.4 Å². The number of nitrogens with zero attached hydrogens (tertiary/aromatic N) is 3. The molecule has 142 valence electrons. The molecule has 27 heavy (non-hydrogen) atoms. The summed E-state index contributed by atoms with van der Waals surface area (Å²) in [4.78, 5) is 23.5. The summed E-state index contributed by atoms with van der Waals surface area (Å²) >= 11 is 0. The van der Waals surface area contributed by atoms with Gasteiger partial charge >= 0.3 is 0 Å². The van der Waals surface area contributed by atoms with Gasteiger partial charge in [-0.05, 0) is 61.6 Å². The van der Waals surface area contributed by atoms with Gasteiger partial charge in [-0.25, -0.2) is 9.97 Å². The van der Waals surface area contributed by atoms with Crippen LogP contribution in [0.25, 0.3) is 0 Å². The molecule has 1 amide bonds. The van der Waals surface area contributed by atoms with Crippen LogP contribution in [0.2, 0.25) is 0 Å².